The Balaban J connectivity index is 1.68. The van der Waals surface area contributed by atoms with Crippen molar-refractivity contribution in [3.8, 4) is 34.1 Å². The number of fused-ring (bicyclic) bond motifs is 4. The minimum Gasteiger partial charge on any atom is -0.507 e. The van der Waals surface area contributed by atoms with Gasteiger partial charge in [0.25, 0.3) is 11.2 Å². The first-order valence-electron chi connectivity index (χ1n) is 14.3. The van der Waals surface area contributed by atoms with Crippen LogP contribution >= 0.6 is 0 Å². The number of hydrogen-bond acceptors (Lipinski definition) is 14. The van der Waals surface area contributed by atoms with Gasteiger partial charge in [0.05, 0.1) is 25.4 Å². The van der Waals surface area contributed by atoms with Gasteiger partial charge in [-0.3, -0.25) is 9.59 Å². The molecule has 2 saturated carbocycles. The van der Waals surface area contributed by atoms with E-state index in [4.69, 9.17) is 18.9 Å². The van der Waals surface area contributed by atoms with E-state index in [1.165, 1.54) is 26.0 Å². The third kappa shape index (κ3) is 3.70. The molecular weight excluding hydrogens is 608 g/mol. The molecule has 6 unspecified atom stereocenters. The van der Waals surface area contributed by atoms with Crippen LogP contribution in [0.4, 0.5) is 0 Å². The Labute approximate surface area is 260 Å². The molecule has 4 aliphatic rings. The van der Waals surface area contributed by atoms with Crippen molar-refractivity contribution in [1.29, 1.82) is 0 Å². The monoisotopic (exact) mass is 638 g/mol. The number of hydrogen-bond donors (Lipinski definition) is 6. The predicted molar refractivity (Wildman–Crippen MR) is 155 cm³/mol. The van der Waals surface area contributed by atoms with Gasteiger partial charge in [0, 0.05) is 24.0 Å². The van der Waals surface area contributed by atoms with Crippen LogP contribution in [0, 0.1) is 11.8 Å². The van der Waals surface area contributed by atoms with E-state index in [1.807, 2.05) is 0 Å². The first-order valence-corrected chi connectivity index (χ1v) is 14.3. The summed E-state index contributed by atoms with van der Waals surface area (Å²) in [5, 5.41) is 67.3. The summed E-state index contributed by atoms with van der Waals surface area (Å²) in [5.74, 6) is -9.42. The summed E-state index contributed by atoms with van der Waals surface area (Å²) < 4.78 is 22.2. The fourth-order valence-electron chi connectivity index (χ4n) is 7.00. The quantitative estimate of drug-likeness (QED) is 0.264. The number of aliphatic hydroxyl groups is 4. The Morgan fingerprint density at radius 3 is 1.37 bits per heavy atom. The molecule has 2 aliphatic carbocycles. The van der Waals surface area contributed by atoms with Crippen molar-refractivity contribution in [1.82, 2.24) is 0 Å². The van der Waals surface area contributed by atoms with Crippen molar-refractivity contribution >= 4 is 35.0 Å². The van der Waals surface area contributed by atoms with Gasteiger partial charge in [0.2, 0.25) is 0 Å². The summed E-state index contributed by atoms with van der Waals surface area (Å²) in [6, 6.07) is 4.73. The first kappa shape index (κ1) is 30.9. The van der Waals surface area contributed by atoms with E-state index in [0.29, 0.717) is 0 Å². The van der Waals surface area contributed by atoms with Gasteiger partial charge in [-0.1, -0.05) is 13.8 Å². The number of aromatic hydroxyl groups is 2. The Bertz CT molecular complexity index is 1690. The van der Waals surface area contributed by atoms with Crippen LogP contribution in [-0.2, 0) is 28.7 Å². The lowest BCUT2D eigenvalue weighted by Gasteiger charge is -2.46. The second-order valence-corrected chi connectivity index (χ2v) is 11.9. The average Bonchev–Trinajstić information content (AvgIpc) is 3.01. The number of phenolic OH excluding ortho intramolecular Hbond substituents is 2. The number of Topliss-reactive ketones (excluding diaryl/α,β-unsaturated/α-hetero) is 2. The van der Waals surface area contributed by atoms with Crippen LogP contribution in [0.2, 0.25) is 0 Å². The summed E-state index contributed by atoms with van der Waals surface area (Å²) in [6.07, 6.45) is -3.96. The van der Waals surface area contributed by atoms with Gasteiger partial charge in [-0.15, -0.1) is 0 Å². The number of carbonyl (C=O) groups is 4. The first-order chi connectivity index (χ1) is 21.7. The van der Waals surface area contributed by atoms with E-state index >= 15 is 0 Å². The lowest BCUT2D eigenvalue weighted by molar-refractivity contribution is -0.174. The molecule has 2 aromatic carbocycles. The maximum absolute atomic E-state index is 13.4. The number of aliphatic hydroxyl groups excluding tert-OH is 4. The van der Waals surface area contributed by atoms with Gasteiger partial charge in [0.1, 0.15) is 57.9 Å². The highest BCUT2D eigenvalue weighted by Crippen LogP contribution is 2.57. The van der Waals surface area contributed by atoms with E-state index in [-0.39, 0.29) is 24.0 Å². The highest BCUT2D eigenvalue weighted by atomic mass is 16.6. The Morgan fingerprint density at radius 2 is 1.04 bits per heavy atom. The molecule has 0 radical (unpaired) electrons. The second kappa shape index (κ2) is 10.2. The number of ether oxygens (including phenoxy) is 4. The van der Waals surface area contributed by atoms with Crippen molar-refractivity contribution in [3.63, 3.8) is 0 Å². The standard InChI is InChI=1S/C32H30O14/c1-11-9-17(35)21-23(37)19-15(33)7-5-13(25(19)45-31(21,27(11)39)29(41)43-3)14-6-8-16(34)20-24(38)22-18(36)10-12(2)28(40)32(22,30(42)44-4)46-26(14)20/h5-8,11-12,27-28,33-34,37-40H,9-10H2,1-4H3. The van der Waals surface area contributed by atoms with Crippen LogP contribution in [0.3, 0.4) is 0 Å². The third-order valence-electron chi connectivity index (χ3n) is 9.24. The number of rotatable bonds is 3. The van der Waals surface area contributed by atoms with Crippen LogP contribution < -0.4 is 9.47 Å². The van der Waals surface area contributed by atoms with Crippen molar-refractivity contribution in [2.45, 2.75) is 50.1 Å². The molecule has 6 atom stereocenters. The summed E-state index contributed by atoms with van der Waals surface area (Å²) in [4.78, 5) is 53.2. The van der Waals surface area contributed by atoms with Gasteiger partial charge >= 0.3 is 11.9 Å². The fraction of sp³-hybridized carbons (Fsp3) is 0.375. The molecule has 2 aromatic rings. The molecule has 0 saturated heterocycles. The van der Waals surface area contributed by atoms with Crippen molar-refractivity contribution in [2.24, 2.45) is 11.8 Å². The molecule has 0 amide bonds. The molecule has 2 aliphatic heterocycles. The number of ketones is 2. The molecule has 0 aromatic heterocycles. The second-order valence-electron chi connectivity index (χ2n) is 11.9. The fourth-order valence-corrected chi connectivity index (χ4v) is 7.00. The van der Waals surface area contributed by atoms with Crippen LogP contribution in [0.5, 0.6) is 23.0 Å². The molecule has 6 N–H and O–H groups in total. The zero-order valence-electron chi connectivity index (χ0n) is 25.0. The van der Waals surface area contributed by atoms with Gasteiger partial charge in [-0.2, -0.15) is 0 Å². The molecule has 6 rings (SSSR count). The van der Waals surface area contributed by atoms with E-state index in [0.717, 1.165) is 26.4 Å². The summed E-state index contributed by atoms with van der Waals surface area (Å²) in [7, 11) is 1.98. The van der Waals surface area contributed by atoms with Crippen LogP contribution in [0.25, 0.3) is 22.6 Å². The summed E-state index contributed by atoms with van der Waals surface area (Å²) in [6.45, 7) is 2.98. The predicted octanol–water partition coefficient (Wildman–Crippen LogP) is 1.85. The van der Waals surface area contributed by atoms with Crippen LogP contribution in [0.15, 0.2) is 35.4 Å². The molecular formula is C32H30O14. The van der Waals surface area contributed by atoms with Gasteiger partial charge < -0.3 is 49.6 Å². The molecule has 14 nitrogen and oxygen atoms in total. The number of esters is 2. The zero-order chi connectivity index (χ0) is 33.6. The number of phenols is 2. The molecule has 0 spiro atoms. The average molecular weight is 639 g/mol. The van der Waals surface area contributed by atoms with Crippen molar-refractivity contribution < 1.29 is 68.8 Å². The summed E-state index contributed by atoms with van der Waals surface area (Å²) in [5.41, 5.74) is -7.49. The topological polar surface area (TPSA) is 227 Å². The Kier molecular flexibility index (Phi) is 6.87. The van der Waals surface area contributed by atoms with Crippen LogP contribution in [-0.4, -0.2) is 91.8 Å². The Hall–Kier alpha value is -5.08. The van der Waals surface area contributed by atoms with E-state index in [2.05, 4.69) is 0 Å². The van der Waals surface area contributed by atoms with Gasteiger partial charge in [-0.25, -0.2) is 9.59 Å². The van der Waals surface area contributed by atoms with Crippen molar-refractivity contribution in [2.75, 3.05) is 14.2 Å². The lowest BCUT2D eigenvalue weighted by Crippen LogP contribution is -2.64. The summed E-state index contributed by atoms with van der Waals surface area (Å²) >= 11 is 0. The number of methoxy groups -OCH3 is 2. The molecule has 14 heteroatoms. The number of benzene rings is 2. The molecule has 46 heavy (non-hydrogen) atoms. The highest BCUT2D eigenvalue weighted by Gasteiger charge is 2.65. The normalized spacial score (nSPS) is 29.9. The molecule has 0 bridgehead atoms. The van der Waals surface area contributed by atoms with E-state index < -0.39 is 116 Å². The minimum atomic E-state index is -2.58. The lowest BCUT2D eigenvalue weighted by atomic mass is 9.69. The van der Waals surface area contributed by atoms with Crippen molar-refractivity contribution in [3.05, 3.63) is 46.5 Å². The maximum atomic E-state index is 13.4. The maximum Gasteiger partial charge on any atom is 0.358 e. The molecule has 242 valence electrons. The Morgan fingerprint density at radius 1 is 0.696 bits per heavy atom. The minimum absolute atomic E-state index is 0.100. The van der Waals surface area contributed by atoms with E-state index in [1.54, 1.807) is 0 Å². The third-order valence-corrected chi connectivity index (χ3v) is 9.24. The molecule has 2 fully saturated rings. The van der Waals surface area contributed by atoms with E-state index in [9.17, 15) is 49.8 Å². The smallest absolute Gasteiger partial charge is 0.358 e. The number of carbonyl (C=O) groups excluding carboxylic acids is 4. The molecule has 2 heterocycles. The largest absolute Gasteiger partial charge is 0.507 e. The SMILES string of the molecule is COC(=O)C12Oc3c(-c4ccc(O)c5c4OC4(C(=O)OC)C(=C5O)C(=O)CC(C)C4O)ccc(O)c3C(O)=C1C(=O)CC(C)C2O. The van der Waals surface area contributed by atoms with Gasteiger partial charge in [0.15, 0.2) is 11.6 Å². The highest BCUT2D eigenvalue weighted by molar-refractivity contribution is 6.14. The van der Waals surface area contributed by atoms with Crippen LogP contribution in [0.1, 0.15) is 37.8 Å². The zero-order valence-corrected chi connectivity index (χ0v) is 25.0. The van der Waals surface area contributed by atoms with Gasteiger partial charge in [-0.05, 0) is 36.1 Å².